The third kappa shape index (κ3) is 1.66. The standard InChI is InChI=1S/C7H4ClNS/c8-10-7-3-1-6(5-9)2-4-7/h1-4H. The molecule has 0 aliphatic carbocycles. The largest absolute Gasteiger partial charge is 0.192 e. The molecule has 0 saturated heterocycles. The summed E-state index contributed by atoms with van der Waals surface area (Å²) in [5, 5.41) is 8.41. The fourth-order valence-corrected chi connectivity index (χ4v) is 1.13. The molecule has 0 aliphatic heterocycles. The van der Waals surface area contributed by atoms with Crippen LogP contribution in [0.4, 0.5) is 0 Å². The summed E-state index contributed by atoms with van der Waals surface area (Å²) in [7, 11) is 6.61. The van der Waals surface area contributed by atoms with Gasteiger partial charge in [0.25, 0.3) is 0 Å². The minimum Gasteiger partial charge on any atom is -0.192 e. The predicted octanol–water partition coefficient (Wildman–Crippen LogP) is 2.80. The summed E-state index contributed by atoms with van der Waals surface area (Å²) in [4.78, 5) is 0.959. The van der Waals surface area contributed by atoms with Crippen molar-refractivity contribution in [2.24, 2.45) is 0 Å². The van der Waals surface area contributed by atoms with E-state index in [0.29, 0.717) is 5.56 Å². The van der Waals surface area contributed by atoms with Crippen molar-refractivity contribution in [1.82, 2.24) is 0 Å². The number of hydrogen-bond donors (Lipinski definition) is 0. The first-order chi connectivity index (χ1) is 4.86. The van der Waals surface area contributed by atoms with E-state index in [4.69, 9.17) is 15.9 Å². The van der Waals surface area contributed by atoms with Gasteiger partial charge in [-0.05, 0) is 45.9 Å². The molecule has 0 spiro atoms. The Hall–Kier alpha value is -0.650. The summed E-state index contributed by atoms with van der Waals surface area (Å²) in [5.74, 6) is 0. The van der Waals surface area contributed by atoms with Gasteiger partial charge in [-0.15, -0.1) is 0 Å². The fourth-order valence-electron chi connectivity index (χ4n) is 0.581. The predicted molar refractivity (Wildman–Crippen MR) is 42.9 cm³/mol. The molecule has 0 heterocycles. The molecule has 0 bridgehead atoms. The van der Waals surface area contributed by atoms with E-state index >= 15 is 0 Å². The van der Waals surface area contributed by atoms with Gasteiger partial charge in [-0.1, -0.05) is 0 Å². The van der Waals surface area contributed by atoms with Crippen molar-refractivity contribution < 1.29 is 0 Å². The van der Waals surface area contributed by atoms with Crippen LogP contribution in [0, 0.1) is 11.3 Å². The van der Waals surface area contributed by atoms with Crippen LogP contribution in [0.15, 0.2) is 29.2 Å². The van der Waals surface area contributed by atoms with Crippen molar-refractivity contribution in [3.63, 3.8) is 0 Å². The quantitative estimate of drug-likeness (QED) is 0.646. The van der Waals surface area contributed by atoms with Gasteiger partial charge < -0.3 is 0 Å². The normalized spacial score (nSPS) is 8.80. The average molecular weight is 170 g/mol. The molecule has 0 atom stereocenters. The van der Waals surface area contributed by atoms with E-state index in [0.717, 1.165) is 15.9 Å². The first-order valence-corrected chi connectivity index (χ1v) is 4.30. The Balaban J connectivity index is 2.93. The molecule has 1 nitrogen and oxygen atoms in total. The zero-order valence-electron chi connectivity index (χ0n) is 5.04. The summed E-state index contributed by atoms with van der Waals surface area (Å²) in [6, 6.07) is 9.14. The van der Waals surface area contributed by atoms with Gasteiger partial charge in [0, 0.05) is 4.90 Å². The third-order valence-corrected chi connectivity index (χ3v) is 2.06. The third-order valence-electron chi connectivity index (χ3n) is 1.07. The molecule has 0 N–H and O–H groups in total. The van der Waals surface area contributed by atoms with Crippen LogP contribution in [0.2, 0.25) is 0 Å². The lowest BCUT2D eigenvalue weighted by Gasteiger charge is -1.90. The van der Waals surface area contributed by atoms with Crippen LogP contribution in [0.25, 0.3) is 0 Å². The lowest BCUT2D eigenvalue weighted by Crippen LogP contribution is -1.71. The Kier molecular flexibility index (Phi) is 2.61. The Morgan fingerprint density at radius 1 is 1.30 bits per heavy atom. The van der Waals surface area contributed by atoms with Crippen molar-refractivity contribution in [2.75, 3.05) is 0 Å². The minimum absolute atomic E-state index is 0.662. The van der Waals surface area contributed by atoms with Crippen LogP contribution in [0.5, 0.6) is 0 Å². The van der Waals surface area contributed by atoms with Crippen molar-refractivity contribution in [2.45, 2.75) is 4.90 Å². The Morgan fingerprint density at radius 3 is 2.30 bits per heavy atom. The number of rotatable bonds is 1. The molecule has 0 unspecified atom stereocenters. The molecule has 0 fully saturated rings. The highest BCUT2D eigenvalue weighted by atomic mass is 35.7. The molecular formula is C7H4ClNS. The molecule has 50 valence electrons. The number of halogens is 1. The summed E-state index contributed by atoms with van der Waals surface area (Å²) >= 11 is 0. The number of hydrogen-bond acceptors (Lipinski definition) is 2. The SMILES string of the molecule is N#Cc1ccc(SCl)cc1. The maximum absolute atomic E-state index is 8.41. The second-order valence-electron chi connectivity index (χ2n) is 1.71. The van der Waals surface area contributed by atoms with E-state index in [9.17, 15) is 0 Å². The summed E-state index contributed by atoms with van der Waals surface area (Å²) < 4.78 is 0. The average Bonchev–Trinajstić information content (AvgIpc) is 2.05. The number of benzene rings is 1. The van der Waals surface area contributed by atoms with Gasteiger partial charge >= 0.3 is 0 Å². The highest BCUT2D eigenvalue weighted by molar-refractivity contribution is 8.21. The van der Waals surface area contributed by atoms with E-state index < -0.39 is 0 Å². The van der Waals surface area contributed by atoms with Gasteiger partial charge in [0.2, 0.25) is 0 Å². The van der Waals surface area contributed by atoms with E-state index in [1.54, 1.807) is 12.1 Å². The molecule has 0 aliphatic rings. The lowest BCUT2D eigenvalue weighted by molar-refractivity contribution is 1.42. The smallest absolute Gasteiger partial charge is 0.0991 e. The second kappa shape index (κ2) is 3.50. The summed E-state index contributed by atoms with van der Waals surface area (Å²) in [6.07, 6.45) is 0. The molecular weight excluding hydrogens is 166 g/mol. The van der Waals surface area contributed by atoms with Gasteiger partial charge in [-0.2, -0.15) is 5.26 Å². The molecule has 1 rings (SSSR count). The molecule has 0 radical (unpaired) electrons. The molecule has 0 amide bonds. The zero-order chi connectivity index (χ0) is 7.40. The first kappa shape index (κ1) is 7.46. The van der Waals surface area contributed by atoms with Gasteiger partial charge in [0.15, 0.2) is 0 Å². The van der Waals surface area contributed by atoms with Crippen LogP contribution in [-0.2, 0) is 0 Å². The first-order valence-electron chi connectivity index (χ1n) is 2.65. The Morgan fingerprint density at radius 2 is 1.90 bits per heavy atom. The molecule has 3 heteroatoms. The number of nitrogens with zero attached hydrogens (tertiary/aromatic N) is 1. The maximum atomic E-state index is 8.41. The van der Waals surface area contributed by atoms with Gasteiger partial charge in [0.1, 0.15) is 0 Å². The van der Waals surface area contributed by atoms with Crippen LogP contribution in [0.1, 0.15) is 5.56 Å². The van der Waals surface area contributed by atoms with E-state index in [-0.39, 0.29) is 0 Å². The molecule has 0 aromatic heterocycles. The van der Waals surface area contributed by atoms with E-state index in [2.05, 4.69) is 0 Å². The monoisotopic (exact) mass is 169 g/mol. The zero-order valence-corrected chi connectivity index (χ0v) is 6.62. The van der Waals surface area contributed by atoms with E-state index in [1.807, 2.05) is 18.2 Å². The van der Waals surface area contributed by atoms with Crippen LogP contribution >= 0.6 is 21.7 Å². The summed E-state index contributed by atoms with van der Waals surface area (Å²) in [5.41, 5.74) is 0.662. The lowest BCUT2D eigenvalue weighted by atomic mass is 10.2. The minimum atomic E-state index is 0.662. The van der Waals surface area contributed by atoms with Crippen LogP contribution in [-0.4, -0.2) is 0 Å². The maximum Gasteiger partial charge on any atom is 0.0991 e. The highest BCUT2D eigenvalue weighted by Gasteiger charge is 1.90. The van der Waals surface area contributed by atoms with Gasteiger partial charge in [-0.3, -0.25) is 0 Å². The van der Waals surface area contributed by atoms with Crippen molar-refractivity contribution in [3.05, 3.63) is 29.8 Å². The number of nitriles is 1. The summed E-state index contributed by atoms with van der Waals surface area (Å²) in [6.45, 7) is 0. The molecule has 0 saturated carbocycles. The Labute approximate surface area is 68.1 Å². The Bertz CT molecular complexity index is 249. The van der Waals surface area contributed by atoms with Gasteiger partial charge in [-0.25, -0.2) is 0 Å². The van der Waals surface area contributed by atoms with Crippen molar-refractivity contribution >= 4 is 21.7 Å². The highest BCUT2D eigenvalue weighted by Crippen LogP contribution is 2.21. The molecule has 10 heavy (non-hydrogen) atoms. The van der Waals surface area contributed by atoms with Crippen LogP contribution < -0.4 is 0 Å². The van der Waals surface area contributed by atoms with Gasteiger partial charge in [0.05, 0.1) is 11.6 Å². The molecule has 1 aromatic rings. The second-order valence-corrected chi connectivity index (χ2v) is 2.80. The van der Waals surface area contributed by atoms with Crippen molar-refractivity contribution in [3.8, 4) is 6.07 Å². The van der Waals surface area contributed by atoms with Crippen molar-refractivity contribution in [1.29, 1.82) is 5.26 Å². The topological polar surface area (TPSA) is 23.8 Å². The molecule has 1 aromatic carbocycles. The van der Waals surface area contributed by atoms with Crippen LogP contribution in [0.3, 0.4) is 0 Å². The van der Waals surface area contributed by atoms with E-state index in [1.165, 1.54) is 0 Å². The fraction of sp³-hybridized carbons (Fsp3) is 0.